The van der Waals surface area contributed by atoms with Crippen LogP contribution in [-0.2, 0) is 11.3 Å². The van der Waals surface area contributed by atoms with E-state index in [2.05, 4.69) is 30.9 Å². The van der Waals surface area contributed by atoms with Crippen molar-refractivity contribution >= 4 is 11.6 Å². The van der Waals surface area contributed by atoms with Gasteiger partial charge in [-0.05, 0) is 60.7 Å². The largest absolute Gasteiger partial charge is 0.497 e. The van der Waals surface area contributed by atoms with E-state index >= 15 is 0 Å². The van der Waals surface area contributed by atoms with Crippen molar-refractivity contribution in [3.8, 4) is 11.5 Å². The molecular weight excluding hydrogens is 376 g/mol. The summed E-state index contributed by atoms with van der Waals surface area (Å²) in [6.07, 6.45) is 2.52. The lowest BCUT2D eigenvalue weighted by Crippen LogP contribution is -2.47. The van der Waals surface area contributed by atoms with Gasteiger partial charge in [-0.25, -0.2) is 0 Å². The highest BCUT2D eigenvalue weighted by molar-refractivity contribution is 5.94. The summed E-state index contributed by atoms with van der Waals surface area (Å²) in [6.45, 7) is 7.10. The van der Waals surface area contributed by atoms with Gasteiger partial charge in [0, 0.05) is 37.8 Å². The highest BCUT2D eigenvalue weighted by Crippen LogP contribution is 2.28. The molecule has 0 atom stereocenters. The number of carbonyl (C=O) groups is 1. The SMILES string of the molecule is COc1ccc(CN2CCC(N(C(=O)CC(C)C)c3ccc(OC)cc3)CC2)cc1. The summed E-state index contributed by atoms with van der Waals surface area (Å²) in [5.41, 5.74) is 2.26. The number of benzene rings is 2. The van der Waals surface area contributed by atoms with E-state index in [4.69, 9.17) is 9.47 Å². The molecule has 1 aliphatic rings. The van der Waals surface area contributed by atoms with Crippen LogP contribution in [0.1, 0.15) is 38.7 Å². The number of anilines is 1. The van der Waals surface area contributed by atoms with Gasteiger partial charge in [0.1, 0.15) is 11.5 Å². The molecule has 5 heteroatoms. The Labute approximate surface area is 180 Å². The maximum atomic E-state index is 13.1. The summed E-state index contributed by atoms with van der Waals surface area (Å²) < 4.78 is 10.5. The third kappa shape index (κ3) is 5.76. The third-order valence-electron chi connectivity index (χ3n) is 5.69. The van der Waals surface area contributed by atoms with Crippen LogP contribution in [0.5, 0.6) is 11.5 Å². The number of hydrogen-bond acceptors (Lipinski definition) is 4. The number of hydrogen-bond donors (Lipinski definition) is 0. The lowest BCUT2D eigenvalue weighted by atomic mass is 9.99. The number of ether oxygens (including phenoxy) is 2. The standard InChI is InChI=1S/C25H34N2O3/c1-19(2)17-25(28)27(21-7-11-24(30-4)12-8-21)22-13-15-26(16-14-22)18-20-5-9-23(29-3)10-6-20/h5-12,19,22H,13-18H2,1-4H3. The summed E-state index contributed by atoms with van der Waals surface area (Å²) in [5, 5.41) is 0. The quantitative estimate of drug-likeness (QED) is 0.630. The average molecular weight is 411 g/mol. The first-order chi connectivity index (χ1) is 14.5. The lowest BCUT2D eigenvalue weighted by Gasteiger charge is -2.39. The van der Waals surface area contributed by atoms with Crippen LogP contribution < -0.4 is 14.4 Å². The predicted molar refractivity (Wildman–Crippen MR) is 121 cm³/mol. The van der Waals surface area contributed by atoms with Gasteiger partial charge in [-0.1, -0.05) is 26.0 Å². The molecule has 0 radical (unpaired) electrons. The molecule has 2 aromatic rings. The maximum Gasteiger partial charge on any atom is 0.227 e. The van der Waals surface area contributed by atoms with Gasteiger partial charge < -0.3 is 14.4 Å². The summed E-state index contributed by atoms with van der Waals surface area (Å²) in [6, 6.07) is 16.4. The zero-order valence-electron chi connectivity index (χ0n) is 18.6. The topological polar surface area (TPSA) is 42.0 Å². The second-order valence-corrected chi connectivity index (χ2v) is 8.42. The Morgan fingerprint density at radius 2 is 1.50 bits per heavy atom. The minimum atomic E-state index is 0.212. The molecule has 0 aliphatic carbocycles. The average Bonchev–Trinajstić information content (AvgIpc) is 2.75. The molecular formula is C25H34N2O3. The number of likely N-dealkylation sites (tertiary alicyclic amines) is 1. The van der Waals surface area contributed by atoms with Crippen LogP contribution in [0.25, 0.3) is 0 Å². The fourth-order valence-electron chi connectivity index (χ4n) is 4.07. The van der Waals surface area contributed by atoms with E-state index < -0.39 is 0 Å². The number of nitrogens with zero attached hydrogens (tertiary/aromatic N) is 2. The van der Waals surface area contributed by atoms with Crippen LogP contribution in [0.15, 0.2) is 48.5 Å². The van der Waals surface area contributed by atoms with E-state index in [0.29, 0.717) is 12.3 Å². The molecule has 1 fully saturated rings. The lowest BCUT2D eigenvalue weighted by molar-refractivity contribution is -0.120. The van der Waals surface area contributed by atoms with Crippen molar-refractivity contribution in [3.05, 3.63) is 54.1 Å². The normalized spacial score (nSPS) is 15.2. The molecule has 1 amide bonds. The first-order valence-electron chi connectivity index (χ1n) is 10.8. The van der Waals surface area contributed by atoms with Gasteiger partial charge in [-0.2, -0.15) is 0 Å². The molecule has 5 nitrogen and oxygen atoms in total. The third-order valence-corrected chi connectivity index (χ3v) is 5.69. The molecule has 0 spiro atoms. The summed E-state index contributed by atoms with van der Waals surface area (Å²) in [5.74, 6) is 2.25. The molecule has 3 rings (SSSR count). The number of piperidine rings is 1. The minimum Gasteiger partial charge on any atom is -0.497 e. The van der Waals surface area contributed by atoms with Crippen LogP contribution in [0.4, 0.5) is 5.69 Å². The van der Waals surface area contributed by atoms with Crippen LogP contribution in [-0.4, -0.2) is 44.2 Å². The zero-order chi connectivity index (χ0) is 21.5. The second kappa shape index (κ2) is 10.5. The Bertz CT molecular complexity index is 794. The van der Waals surface area contributed by atoms with Crippen molar-refractivity contribution < 1.29 is 14.3 Å². The van der Waals surface area contributed by atoms with E-state index in [-0.39, 0.29) is 11.9 Å². The van der Waals surface area contributed by atoms with E-state index in [0.717, 1.165) is 49.7 Å². The highest BCUT2D eigenvalue weighted by Gasteiger charge is 2.29. The van der Waals surface area contributed by atoms with Crippen LogP contribution in [0, 0.1) is 5.92 Å². The van der Waals surface area contributed by atoms with Crippen LogP contribution >= 0.6 is 0 Å². The van der Waals surface area contributed by atoms with Gasteiger partial charge in [0.2, 0.25) is 5.91 Å². The molecule has 1 saturated heterocycles. The Balaban J connectivity index is 1.66. The van der Waals surface area contributed by atoms with Crippen molar-refractivity contribution in [2.24, 2.45) is 5.92 Å². The molecule has 162 valence electrons. The summed E-state index contributed by atoms with van der Waals surface area (Å²) in [7, 11) is 3.35. The van der Waals surface area contributed by atoms with Gasteiger partial charge in [0.25, 0.3) is 0 Å². The molecule has 1 aliphatic heterocycles. The molecule has 0 saturated carbocycles. The van der Waals surface area contributed by atoms with Crippen molar-refractivity contribution in [2.45, 2.75) is 45.7 Å². The first-order valence-corrected chi connectivity index (χ1v) is 10.8. The van der Waals surface area contributed by atoms with Gasteiger partial charge >= 0.3 is 0 Å². The van der Waals surface area contributed by atoms with Gasteiger partial charge in [0.15, 0.2) is 0 Å². The van der Waals surface area contributed by atoms with Crippen LogP contribution in [0.3, 0.4) is 0 Å². The van der Waals surface area contributed by atoms with Gasteiger partial charge in [-0.15, -0.1) is 0 Å². The Kier molecular flexibility index (Phi) is 7.75. The predicted octanol–water partition coefficient (Wildman–Crippen LogP) is 4.75. The Morgan fingerprint density at radius 1 is 0.967 bits per heavy atom. The molecule has 30 heavy (non-hydrogen) atoms. The van der Waals surface area contributed by atoms with Crippen molar-refractivity contribution in [1.29, 1.82) is 0 Å². The van der Waals surface area contributed by atoms with E-state index in [1.54, 1.807) is 14.2 Å². The molecule has 0 bridgehead atoms. The second-order valence-electron chi connectivity index (χ2n) is 8.42. The van der Waals surface area contributed by atoms with E-state index in [1.807, 2.05) is 41.3 Å². The highest BCUT2D eigenvalue weighted by atomic mass is 16.5. The fraction of sp³-hybridized carbons (Fsp3) is 0.480. The molecule has 1 heterocycles. The smallest absolute Gasteiger partial charge is 0.227 e. The Hall–Kier alpha value is -2.53. The molecule has 0 unspecified atom stereocenters. The van der Waals surface area contributed by atoms with Crippen molar-refractivity contribution in [3.63, 3.8) is 0 Å². The number of carbonyl (C=O) groups excluding carboxylic acids is 1. The van der Waals surface area contributed by atoms with Crippen LogP contribution in [0.2, 0.25) is 0 Å². The molecule has 2 aromatic carbocycles. The summed E-state index contributed by atoms with van der Waals surface area (Å²) in [4.78, 5) is 17.6. The van der Waals surface area contributed by atoms with E-state index in [9.17, 15) is 4.79 Å². The zero-order valence-corrected chi connectivity index (χ0v) is 18.6. The Morgan fingerprint density at radius 3 is 2.00 bits per heavy atom. The monoisotopic (exact) mass is 410 g/mol. The minimum absolute atomic E-state index is 0.212. The number of methoxy groups -OCH3 is 2. The summed E-state index contributed by atoms with van der Waals surface area (Å²) >= 11 is 0. The molecule has 0 N–H and O–H groups in total. The van der Waals surface area contributed by atoms with Gasteiger partial charge in [0.05, 0.1) is 14.2 Å². The number of rotatable bonds is 8. The maximum absolute atomic E-state index is 13.1. The van der Waals surface area contributed by atoms with E-state index in [1.165, 1.54) is 5.56 Å². The van der Waals surface area contributed by atoms with Gasteiger partial charge in [-0.3, -0.25) is 9.69 Å². The van der Waals surface area contributed by atoms with Crippen molar-refractivity contribution in [1.82, 2.24) is 4.90 Å². The van der Waals surface area contributed by atoms with Crippen molar-refractivity contribution in [2.75, 3.05) is 32.2 Å². The number of amides is 1. The molecule has 0 aromatic heterocycles. The fourth-order valence-corrected chi connectivity index (χ4v) is 4.07. The first kappa shape index (κ1) is 22.2.